The molecule has 0 saturated carbocycles. The maximum atomic E-state index is 6.87. The first kappa shape index (κ1) is 89.3. The number of nitrogens with zero attached hydrogens (tertiary/aromatic N) is 6. The predicted molar refractivity (Wildman–Crippen MR) is 536 cm³/mol. The number of hydrogen-bond acceptors (Lipinski definition) is 10. The minimum Gasteiger partial charge on any atom is -0.399 e. The molecule has 0 amide bonds. The fourth-order valence-electron chi connectivity index (χ4n) is 17.7. The number of pyridine rings is 4. The van der Waals surface area contributed by atoms with E-state index in [-0.39, 0.29) is 40.2 Å². The van der Waals surface area contributed by atoms with E-state index in [1.807, 2.05) is 104 Å². The first-order chi connectivity index (χ1) is 64.3. The van der Waals surface area contributed by atoms with Crippen molar-refractivity contribution in [2.75, 3.05) is 0 Å². The van der Waals surface area contributed by atoms with Crippen molar-refractivity contribution in [2.24, 2.45) is 0 Å². The second-order valence-electron chi connectivity index (χ2n) is 35.7. The Labute approximate surface area is 811 Å². The third-order valence-corrected chi connectivity index (χ3v) is 26.3. The first-order valence-corrected chi connectivity index (χ1v) is 44.6. The van der Waals surface area contributed by atoms with Gasteiger partial charge in [0.25, 0.3) is 0 Å². The zero-order valence-electron chi connectivity index (χ0n) is 75.1. The molecule has 0 aliphatic carbocycles. The van der Waals surface area contributed by atoms with Gasteiger partial charge in [-0.25, -0.2) is 0 Å². The van der Waals surface area contributed by atoms with Crippen LogP contribution in [0.2, 0.25) is 0 Å². The standard InChI is InChI=1S/C120H88B2N6O4.2Ir/c1-117(2)118(3,4)130-121(129-117)97-61-63-107(109(75-97)95-71-91(103-29-13-9-25-99(103)79-37-49-85(50-38-79)111-33-17-21-65-123-111)69-92(72-95)104-30-14-10-26-100(104)80-39-51-86(52-40-80)112-34-18-22-66-124-112)83-45-57-89(58-46-83)115-77-116(128-78-127-115)90-59-47-84(48-60-90)108-64-62-98(122-131-119(5,6)120(7,8)132-122)76-110(108)96-73-93(105-31-15-11-27-101(105)81-41-53-87(54-42-81)113-35-19-23-67-125-113)70-94(74-96)106-32-16-12-28-102(106)82-43-55-88(56-44-82)114-36-20-24-68-126-114;;/h9-49,51,53,55,57,59,61-78H,1-8H3;;/q-6;2*+3. The molecule has 14 heteroatoms. The Hall–Kier alpha value is -14.0. The largest absolute Gasteiger partial charge is 3.00 e. The summed E-state index contributed by atoms with van der Waals surface area (Å²) in [6.45, 7) is 16.8. The average Bonchev–Trinajstić information content (AvgIpc) is 1.58. The van der Waals surface area contributed by atoms with E-state index in [9.17, 15) is 0 Å². The number of benzene rings is 14. The normalized spacial score (nSPS) is 13.9. The Morgan fingerprint density at radius 3 is 0.619 bits per heavy atom. The predicted octanol–water partition coefficient (Wildman–Crippen LogP) is 27.5. The van der Waals surface area contributed by atoms with Gasteiger partial charge in [-0.3, -0.25) is 9.97 Å². The molecule has 0 radical (unpaired) electrons. The molecule has 0 unspecified atom stereocenters. The molecule has 0 N–H and O–H groups in total. The van der Waals surface area contributed by atoms with Crippen molar-refractivity contribution in [3.63, 3.8) is 0 Å². The van der Waals surface area contributed by atoms with Crippen molar-refractivity contribution < 1.29 is 58.8 Å². The Balaban J connectivity index is 0.00000578. The fourth-order valence-corrected chi connectivity index (χ4v) is 17.7. The van der Waals surface area contributed by atoms with Gasteiger partial charge in [-0.15, -0.1) is 179 Å². The molecule has 21 rings (SSSR count). The average molecular weight is 2080 g/mol. The van der Waals surface area contributed by atoms with Crippen LogP contribution in [0.4, 0.5) is 0 Å². The molecule has 0 bridgehead atoms. The molecular weight excluding hydrogens is 2000 g/mol. The van der Waals surface area contributed by atoms with E-state index in [0.29, 0.717) is 11.4 Å². The summed E-state index contributed by atoms with van der Waals surface area (Å²) >= 11 is 0. The van der Waals surface area contributed by atoms with Gasteiger partial charge in [0.1, 0.15) is 0 Å². The summed E-state index contributed by atoms with van der Waals surface area (Å²) in [6, 6.07) is 147. The van der Waals surface area contributed by atoms with E-state index < -0.39 is 36.6 Å². The van der Waals surface area contributed by atoms with Crippen LogP contribution >= 0.6 is 0 Å². The molecule has 14 aromatic carbocycles. The number of aromatic nitrogens is 6. The summed E-state index contributed by atoms with van der Waals surface area (Å²) in [6.07, 6.45) is 8.90. The van der Waals surface area contributed by atoms with E-state index in [4.69, 9.17) is 28.6 Å². The number of rotatable bonds is 20. The number of hydrogen-bond donors (Lipinski definition) is 0. The van der Waals surface area contributed by atoms with Crippen molar-refractivity contribution in [1.29, 1.82) is 0 Å². The molecule has 134 heavy (non-hydrogen) atoms. The molecule has 10 nitrogen and oxygen atoms in total. The maximum absolute atomic E-state index is 6.87. The van der Waals surface area contributed by atoms with Gasteiger partial charge in [0, 0.05) is 24.8 Å². The van der Waals surface area contributed by atoms with Crippen LogP contribution in [0.1, 0.15) is 55.4 Å². The van der Waals surface area contributed by atoms with Crippen LogP contribution in [0.3, 0.4) is 0 Å². The molecule has 2 aliphatic heterocycles. The second-order valence-corrected chi connectivity index (χ2v) is 35.7. The molecule has 0 atom stereocenters. The van der Waals surface area contributed by atoms with Crippen LogP contribution in [0.25, 0.3) is 201 Å². The van der Waals surface area contributed by atoms with Gasteiger partial charge in [0.05, 0.1) is 28.7 Å². The molecule has 0 spiro atoms. The van der Waals surface area contributed by atoms with Gasteiger partial charge in [-0.05, 0) is 228 Å². The summed E-state index contributed by atoms with van der Waals surface area (Å²) in [5, 5.41) is 0. The van der Waals surface area contributed by atoms with Crippen LogP contribution in [-0.4, -0.2) is 66.5 Å². The summed E-state index contributed by atoms with van der Waals surface area (Å²) in [5.74, 6) is 0. The Kier molecular flexibility index (Phi) is 25.0. The quantitative estimate of drug-likeness (QED) is 0.0540. The van der Waals surface area contributed by atoms with Crippen molar-refractivity contribution in [3.05, 3.63) is 425 Å². The topological polar surface area (TPSA) is 114 Å². The molecule has 646 valence electrons. The molecular formula is C120H88B2Ir2N6O4. The third-order valence-electron chi connectivity index (χ3n) is 26.3. The Morgan fingerprint density at radius 1 is 0.194 bits per heavy atom. The second kappa shape index (κ2) is 37.6. The summed E-state index contributed by atoms with van der Waals surface area (Å²) in [5.41, 5.74) is 34.2. The summed E-state index contributed by atoms with van der Waals surface area (Å²) < 4.78 is 27.5. The van der Waals surface area contributed by atoms with E-state index in [1.54, 1.807) is 6.33 Å². The Bertz CT molecular complexity index is 6720. The minimum absolute atomic E-state index is 0. The summed E-state index contributed by atoms with van der Waals surface area (Å²) in [4.78, 5) is 28.5. The van der Waals surface area contributed by atoms with E-state index >= 15 is 0 Å². The molecule has 19 aromatic rings. The van der Waals surface area contributed by atoms with Gasteiger partial charge in [-0.1, -0.05) is 255 Å². The molecule has 7 heterocycles. The van der Waals surface area contributed by atoms with Crippen LogP contribution in [0.5, 0.6) is 0 Å². The first-order valence-electron chi connectivity index (χ1n) is 44.6. The minimum atomic E-state index is -0.641. The van der Waals surface area contributed by atoms with Crippen LogP contribution < -0.4 is 10.9 Å². The third kappa shape index (κ3) is 18.0. The van der Waals surface area contributed by atoms with Gasteiger partial charge in [-0.2, -0.15) is 0 Å². The van der Waals surface area contributed by atoms with Crippen molar-refractivity contribution >= 4 is 25.2 Å². The Morgan fingerprint density at radius 2 is 0.403 bits per heavy atom. The fraction of sp³-hybridized carbons (Fsp3) is 0.100. The van der Waals surface area contributed by atoms with Crippen LogP contribution in [-0.2, 0) is 58.8 Å². The van der Waals surface area contributed by atoms with Crippen LogP contribution in [0, 0.1) is 36.4 Å². The van der Waals surface area contributed by atoms with Crippen molar-refractivity contribution in [1.82, 2.24) is 29.9 Å². The van der Waals surface area contributed by atoms with Gasteiger partial charge < -0.3 is 38.6 Å². The van der Waals surface area contributed by atoms with E-state index in [0.717, 1.165) is 201 Å². The molecule has 5 aromatic heterocycles. The van der Waals surface area contributed by atoms with Gasteiger partial charge in [0.2, 0.25) is 0 Å². The van der Waals surface area contributed by atoms with Gasteiger partial charge in [0.15, 0.2) is 0 Å². The van der Waals surface area contributed by atoms with Crippen LogP contribution in [0.15, 0.2) is 389 Å². The monoisotopic (exact) mass is 2080 g/mol. The zero-order valence-corrected chi connectivity index (χ0v) is 79.9. The maximum Gasteiger partial charge on any atom is 3.00 e. The molecule has 2 saturated heterocycles. The van der Waals surface area contributed by atoms with Crippen molar-refractivity contribution in [3.8, 4) is 201 Å². The SMILES string of the molecule is CC1(C)OB(c2ccc(-c3c[c-]c(-c4cc(-c5[c-]cc(-c6ccc(B7OC(C)(C)C(C)(C)O7)cc6-c6cc(-c7ccccc7-c7c[c-]c(-c8ccccn8)cc7)cc(-c7ccccc7-c7c[c-]c(-c8ccccn8)cc7)c6)cc5)ncn4)cc3)c(-c3cc(-c4ccccc4-c4c[c-]c(-c5ccccn5)cc4)cc(-c4ccccc4-c4c[c-]c(-c5ccccn5)cc4)c3)c2)OC1(C)C.[Ir+3].[Ir+3]. The zero-order chi connectivity index (χ0) is 89.7. The van der Waals surface area contributed by atoms with Gasteiger partial charge >= 0.3 is 54.4 Å². The smallest absolute Gasteiger partial charge is 0.399 e. The van der Waals surface area contributed by atoms with E-state index in [1.165, 1.54) is 0 Å². The van der Waals surface area contributed by atoms with Crippen molar-refractivity contribution in [2.45, 2.75) is 77.8 Å². The van der Waals surface area contributed by atoms with E-state index in [2.05, 4.69) is 391 Å². The molecule has 2 aliphatic rings. The summed E-state index contributed by atoms with van der Waals surface area (Å²) in [7, 11) is -1.28. The molecule has 2 fully saturated rings.